The van der Waals surface area contributed by atoms with Gasteiger partial charge < -0.3 is 15.4 Å². The topological polar surface area (TPSA) is 105 Å². The second-order valence-electron chi connectivity index (χ2n) is 6.01. The molecule has 1 saturated heterocycles. The Labute approximate surface area is 149 Å². The van der Waals surface area contributed by atoms with Crippen LogP contribution in [0.25, 0.3) is 0 Å². The van der Waals surface area contributed by atoms with E-state index in [9.17, 15) is 19.2 Å². The fourth-order valence-corrected chi connectivity index (χ4v) is 2.26. The van der Waals surface area contributed by atoms with Crippen LogP contribution in [-0.4, -0.2) is 47.4 Å². The number of hydrogen-bond donors (Lipinski definition) is 2. The molecule has 0 aliphatic carbocycles. The molecule has 1 heterocycles. The number of hydrogen-bond acceptors (Lipinski definition) is 5. The van der Waals surface area contributed by atoms with Crippen LogP contribution in [0.3, 0.4) is 0 Å². The summed E-state index contributed by atoms with van der Waals surface area (Å²) >= 11 is 5.77. The Morgan fingerprint density at radius 3 is 2.44 bits per heavy atom. The van der Waals surface area contributed by atoms with Gasteiger partial charge in [-0.2, -0.15) is 0 Å². The molecule has 2 rings (SSSR count). The summed E-state index contributed by atoms with van der Waals surface area (Å²) < 4.78 is 4.79. The fourth-order valence-electron chi connectivity index (χ4n) is 2.14. The Balaban J connectivity index is 1.74. The van der Waals surface area contributed by atoms with E-state index < -0.39 is 42.5 Å². The van der Waals surface area contributed by atoms with Crippen molar-refractivity contribution in [2.45, 2.75) is 25.9 Å². The summed E-state index contributed by atoms with van der Waals surface area (Å²) in [5.41, 5.74) is -0.224. The minimum atomic E-state index is -1.06. The van der Waals surface area contributed by atoms with Gasteiger partial charge in [-0.25, -0.2) is 4.79 Å². The first kappa shape index (κ1) is 18.7. The van der Waals surface area contributed by atoms with E-state index in [4.69, 9.17) is 16.3 Å². The van der Waals surface area contributed by atoms with E-state index >= 15 is 0 Å². The van der Waals surface area contributed by atoms with E-state index in [0.717, 1.165) is 10.5 Å². The summed E-state index contributed by atoms with van der Waals surface area (Å²) in [7, 11) is 0. The molecule has 8 nitrogen and oxygen atoms in total. The molecular formula is C16H18ClN3O5. The van der Waals surface area contributed by atoms with Crippen LogP contribution in [-0.2, 0) is 25.7 Å². The van der Waals surface area contributed by atoms with Crippen molar-refractivity contribution in [3.63, 3.8) is 0 Å². The highest BCUT2D eigenvalue weighted by atomic mass is 35.5. The zero-order valence-corrected chi connectivity index (χ0v) is 14.6. The zero-order chi connectivity index (χ0) is 18.6. The van der Waals surface area contributed by atoms with E-state index in [1.807, 2.05) is 0 Å². The number of nitrogens with zero attached hydrogens (tertiary/aromatic N) is 1. The van der Waals surface area contributed by atoms with Crippen LogP contribution in [0.4, 0.5) is 4.79 Å². The van der Waals surface area contributed by atoms with Gasteiger partial charge in [-0.3, -0.25) is 19.3 Å². The maximum Gasteiger partial charge on any atom is 0.326 e. The van der Waals surface area contributed by atoms with E-state index in [1.165, 1.54) is 13.8 Å². The molecule has 0 unspecified atom stereocenters. The Bertz CT molecular complexity index is 702. The number of carbonyl (C=O) groups excluding carboxylic acids is 4. The van der Waals surface area contributed by atoms with Gasteiger partial charge in [-0.05, 0) is 31.5 Å². The van der Waals surface area contributed by atoms with Crippen molar-refractivity contribution in [3.8, 4) is 0 Å². The normalized spacial score (nSPS) is 15.7. The highest BCUT2D eigenvalue weighted by Gasteiger charge is 2.45. The van der Waals surface area contributed by atoms with E-state index in [1.54, 1.807) is 24.3 Å². The summed E-state index contributed by atoms with van der Waals surface area (Å²) in [5, 5.41) is 5.62. The van der Waals surface area contributed by atoms with Gasteiger partial charge in [0.25, 0.3) is 11.8 Å². The van der Waals surface area contributed by atoms with Crippen LogP contribution in [0.1, 0.15) is 19.4 Å². The first-order chi connectivity index (χ1) is 11.7. The predicted molar refractivity (Wildman–Crippen MR) is 88.6 cm³/mol. The third-order valence-electron chi connectivity index (χ3n) is 3.50. The lowest BCUT2D eigenvalue weighted by Crippen LogP contribution is -2.41. The Hall–Kier alpha value is -2.61. The summed E-state index contributed by atoms with van der Waals surface area (Å²) in [6.07, 6.45) is 0. The summed E-state index contributed by atoms with van der Waals surface area (Å²) in [5.74, 6) is -1.87. The Kier molecular flexibility index (Phi) is 5.63. The molecule has 0 spiro atoms. The highest BCUT2D eigenvalue weighted by Crippen LogP contribution is 2.16. The molecule has 0 saturated carbocycles. The van der Waals surface area contributed by atoms with E-state index in [0.29, 0.717) is 5.02 Å². The highest BCUT2D eigenvalue weighted by molar-refractivity contribution is 6.30. The summed E-state index contributed by atoms with van der Waals surface area (Å²) in [6.45, 7) is 2.28. The second-order valence-corrected chi connectivity index (χ2v) is 6.45. The van der Waals surface area contributed by atoms with Crippen molar-refractivity contribution in [2.24, 2.45) is 0 Å². The van der Waals surface area contributed by atoms with Crippen molar-refractivity contribution in [1.29, 1.82) is 0 Å². The van der Waals surface area contributed by atoms with Gasteiger partial charge in [-0.15, -0.1) is 0 Å². The quantitative estimate of drug-likeness (QED) is 0.572. The average Bonchev–Trinajstić information content (AvgIpc) is 2.74. The minimum Gasteiger partial charge on any atom is -0.454 e. The van der Waals surface area contributed by atoms with Gasteiger partial charge in [-0.1, -0.05) is 23.7 Å². The molecule has 4 amide bonds. The Morgan fingerprint density at radius 1 is 1.24 bits per heavy atom. The molecule has 1 aromatic rings. The lowest BCUT2D eigenvalue weighted by molar-refractivity contribution is -0.151. The number of carbonyl (C=O) groups is 4. The van der Waals surface area contributed by atoms with Gasteiger partial charge in [0.05, 0.1) is 0 Å². The van der Waals surface area contributed by atoms with Crippen LogP contribution in [0.5, 0.6) is 0 Å². The van der Waals surface area contributed by atoms with Gasteiger partial charge >= 0.3 is 12.0 Å². The molecular weight excluding hydrogens is 350 g/mol. The third-order valence-corrected chi connectivity index (χ3v) is 3.75. The summed E-state index contributed by atoms with van der Waals surface area (Å²) in [4.78, 5) is 47.8. The average molecular weight is 368 g/mol. The molecule has 134 valence electrons. The summed E-state index contributed by atoms with van der Waals surface area (Å²) in [6, 6.07) is 6.24. The number of halogens is 1. The first-order valence-electron chi connectivity index (χ1n) is 7.50. The lowest BCUT2D eigenvalue weighted by atomic mass is 10.1. The first-order valence-corrected chi connectivity index (χ1v) is 7.88. The smallest absolute Gasteiger partial charge is 0.326 e. The van der Waals surface area contributed by atoms with E-state index in [-0.39, 0.29) is 6.54 Å². The lowest BCUT2D eigenvalue weighted by Gasteiger charge is -2.15. The molecule has 1 aromatic carbocycles. The molecule has 0 radical (unpaired) electrons. The number of esters is 1. The number of amides is 4. The van der Waals surface area contributed by atoms with Gasteiger partial charge in [0.2, 0.25) is 0 Å². The molecule has 0 bridgehead atoms. The molecule has 9 heteroatoms. The number of benzene rings is 1. The molecule has 1 aliphatic heterocycles. The van der Waals surface area contributed by atoms with Crippen molar-refractivity contribution < 1.29 is 23.9 Å². The van der Waals surface area contributed by atoms with Gasteiger partial charge in [0, 0.05) is 11.6 Å². The van der Waals surface area contributed by atoms with Gasteiger partial charge in [0.15, 0.2) is 6.61 Å². The zero-order valence-electron chi connectivity index (χ0n) is 13.8. The molecule has 0 atom stereocenters. The van der Waals surface area contributed by atoms with Crippen molar-refractivity contribution in [1.82, 2.24) is 15.5 Å². The van der Waals surface area contributed by atoms with Crippen LogP contribution in [0.15, 0.2) is 24.3 Å². The number of rotatable bonds is 6. The SMILES string of the molecule is CC1(C)NC(=O)N(CC(=O)OCC(=O)NCc2ccc(Cl)cc2)C1=O. The number of imide groups is 1. The fraction of sp³-hybridized carbons (Fsp3) is 0.375. The van der Waals surface area contributed by atoms with Crippen molar-refractivity contribution in [2.75, 3.05) is 13.2 Å². The van der Waals surface area contributed by atoms with Crippen LogP contribution >= 0.6 is 11.6 Å². The van der Waals surface area contributed by atoms with Crippen LogP contribution in [0, 0.1) is 0 Å². The standard InChI is InChI=1S/C16H18ClN3O5/c1-16(2)14(23)20(15(24)19-16)8-13(22)25-9-12(21)18-7-10-3-5-11(17)6-4-10/h3-6H,7-9H2,1-2H3,(H,18,21)(H,19,24). The number of nitrogens with one attached hydrogen (secondary N) is 2. The largest absolute Gasteiger partial charge is 0.454 e. The van der Waals surface area contributed by atoms with Crippen LogP contribution in [0.2, 0.25) is 5.02 Å². The Morgan fingerprint density at radius 2 is 1.88 bits per heavy atom. The van der Waals surface area contributed by atoms with Crippen molar-refractivity contribution in [3.05, 3.63) is 34.9 Å². The maximum absolute atomic E-state index is 11.9. The minimum absolute atomic E-state index is 0.259. The number of urea groups is 1. The molecule has 2 N–H and O–H groups in total. The molecule has 0 aromatic heterocycles. The third kappa shape index (κ3) is 4.93. The second kappa shape index (κ2) is 7.52. The van der Waals surface area contributed by atoms with E-state index in [2.05, 4.69) is 10.6 Å². The molecule has 25 heavy (non-hydrogen) atoms. The van der Waals surface area contributed by atoms with Gasteiger partial charge in [0.1, 0.15) is 12.1 Å². The predicted octanol–water partition coefficient (Wildman–Crippen LogP) is 0.830. The van der Waals surface area contributed by atoms with Crippen LogP contribution < -0.4 is 10.6 Å². The number of ether oxygens (including phenoxy) is 1. The monoisotopic (exact) mass is 367 g/mol. The maximum atomic E-state index is 11.9. The molecule has 1 fully saturated rings. The van der Waals surface area contributed by atoms with Crippen molar-refractivity contribution >= 4 is 35.4 Å². The molecule has 1 aliphatic rings.